The van der Waals surface area contributed by atoms with Crippen LogP contribution in [-0.2, 0) is 4.74 Å². The van der Waals surface area contributed by atoms with Crippen molar-refractivity contribution in [1.82, 2.24) is 0 Å². The first kappa shape index (κ1) is 16.1. The van der Waals surface area contributed by atoms with Gasteiger partial charge in [0.05, 0.1) is 5.56 Å². The third-order valence-electron chi connectivity index (χ3n) is 3.80. The standard InChI is InChI=1S/C18H23ClO2/c1-12(13-7-5-6-8-13)15-10-9-14(11-16(15)19)17(20)21-18(2,3)4/h9-11,13H,1,5-8H2,2-4H3. The van der Waals surface area contributed by atoms with Gasteiger partial charge in [-0.05, 0) is 62.8 Å². The van der Waals surface area contributed by atoms with Crippen LogP contribution in [0.1, 0.15) is 62.4 Å². The molecule has 1 aliphatic carbocycles. The van der Waals surface area contributed by atoms with Crippen LogP contribution in [0.2, 0.25) is 5.02 Å². The molecule has 1 fully saturated rings. The SMILES string of the molecule is C=C(c1ccc(C(=O)OC(C)(C)C)cc1Cl)C1CCCC1. The highest BCUT2D eigenvalue weighted by molar-refractivity contribution is 6.32. The lowest BCUT2D eigenvalue weighted by Crippen LogP contribution is -2.23. The van der Waals surface area contributed by atoms with Gasteiger partial charge < -0.3 is 4.74 Å². The Labute approximate surface area is 132 Å². The Morgan fingerprint density at radius 2 is 1.90 bits per heavy atom. The molecule has 0 atom stereocenters. The zero-order chi connectivity index (χ0) is 15.6. The molecule has 0 heterocycles. The number of ether oxygens (including phenoxy) is 1. The summed E-state index contributed by atoms with van der Waals surface area (Å²) in [7, 11) is 0. The molecule has 0 amide bonds. The number of halogens is 1. The second-order valence-electron chi connectivity index (χ2n) is 6.70. The van der Waals surface area contributed by atoms with Crippen LogP contribution in [0.5, 0.6) is 0 Å². The zero-order valence-electron chi connectivity index (χ0n) is 13.0. The van der Waals surface area contributed by atoms with Crippen LogP contribution in [0.4, 0.5) is 0 Å². The fourth-order valence-corrected chi connectivity index (χ4v) is 3.04. The van der Waals surface area contributed by atoms with Gasteiger partial charge in [0.2, 0.25) is 0 Å². The molecule has 0 radical (unpaired) electrons. The van der Waals surface area contributed by atoms with Crippen LogP contribution in [0.25, 0.3) is 5.57 Å². The first-order valence-electron chi connectivity index (χ1n) is 7.50. The summed E-state index contributed by atoms with van der Waals surface area (Å²) in [6.45, 7) is 9.75. The van der Waals surface area contributed by atoms with Crippen molar-refractivity contribution >= 4 is 23.1 Å². The van der Waals surface area contributed by atoms with Crippen LogP contribution in [0, 0.1) is 5.92 Å². The molecule has 1 aliphatic rings. The number of benzene rings is 1. The molecule has 0 saturated heterocycles. The molecule has 2 nitrogen and oxygen atoms in total. The molecule has 1 aromatic rings. The molecular formula is C18H23ClO2. The number of hydrogen-bond acceptors (Lipinski definition) is 2. The van der Waals surface area contributed by atoms with E-state index >= 15 is 0 Å². The Kier molecular flexibility index (Phi) is 4.77. The Bertz CT molecular complexity index is 549. The molecule has 0 spiro atoms. The maximum atomic E-state index is 12.0. The van der Waals surface area contributed by atoms with Gasteiger partial charge in [-0.25, -0.2) is 4.79 Å². The quantitative estimate of drug-likeness (QED) is 0.689. The first-order chi connectivity index (χ1) is 9.78. The minimum atomic E-state index is -0.504. The van der Waals surface area contributed by atoms with Gasteiger partial charge >= 0.3 is 5.97 Å². The maximum Gasteiger partial charge on any atom is 0.338 e. The minimum absolute atomic E-state index is 0.345. The van der Waals surface area contributed by atoms with Gasteiger partial charge in [-0.1, -0.05) is 37.1 Å². The molecule has 0 aliphatic heterocycles. The summed E-state index contributed by atoms with van der Waals surface area (Å²) in [6, 6.07) is 5.35. The van der Waals surface area contributed by atoms with Crippen LogP contribution in [0.3, 0.4) is 0 Å². The van der Waals surface area contributed by atoms with Gasteiger partial charge in [-0.3, -0.25) is 0 Å². The predicted octanol–water partition coefficient (Wildman–Crippen LogP) is 5.50. The smallest absolute Gasteiger partial charge is 0.338 e. The van der Waals surface area contributed by atoms with E-state index in [0.29, 0.717) is 16.5 Å². The normalized spacial score (nSPS) is 16.0. The van der Waals surface area contributed by atoms with Crippen LogP contribution >= 0.6 is 11.6 Å². The fourth-order valence-electron chi connectivity index (χ4n) is 2.73. The van der Waals surface area contributed by atoms with Crippen molar-refractivity contribution in [3.8, 4) is 0 Å². The topological polar surface area (TPSA) is 26.3 Å². The maximum absolute atomic E-state index is 12.0. The summed E-state index contributed by atoms with van der Waals surface area (Å²) in [5.41, 5.74) is 2.03. The van der Waals surface area contributed by atoms with Gasteiger partial charge in [0, 0.05) is 5.02 Å². The van der Waals surface area contributed by atoms with E-state index in [-0.39, 0.29) is 5.97 Å². The van der Waals surface area contributed by atoms with Crippen molar-refractivity contribution < 1.29 is 9.53 Å². The lowest BCUT2D eigenvalue weighted by molar-refractivity contribution is 0.00695. The number of carbonyl (C=O) groups is 1. The summed E-state index contributed by atoms with van der Waals surface area (Å²) in [6.07, 6.45) is 4.89. The van der Waals surface area contributed by atoms with Crippen molar-refractivity contribution in [2.24, 2.45) is 5.92 Å². The molecule has 0 bridgehead atoms. The monoisotopic (exact) mass is 306 g/mol. The van der Waals surface area contributed by atoms with E-state index in [1.54, 1.807) is 12.1 Å². The molecule has 3 heteroatoms. The van der Waals surface area contributed by atoms with Gasteiger partial charge in [-0.2, -0.15) is 0 Å². The first-order valence-corrected chi connectivity index (χ1v) is 7.88. The highest BCUT2D eigenvalue weighted by atomic mass is 35.5. The highest BCUT2D eigenvalue weighted by Gasteiger charge is 2.22. The molecule has 2 rings (SSSR count). The highest BCUT2D eigenvalue weighted by Crippen LogP contribution is 2.38. The molecular weight excluding hydrogens is 284 g/mol. The van der Waals surface area contributed by atoms with E-state index < -0.39 is 5.60 Å². The van der Waals surface area contributed by atoms with Crippen LogP contribution in [-0.4, -0.2) is 11.6 Å². The largest absolute Gasteiger partial charge is 0.456 e. The summed E-state index contributed by atoms with van der Waals surface area (Å²) in [5.74, 6) is 0.178. The van der Waals surface area contributed by atoms with Gasteiger partial charge in [-0.15, -0.1) is 0 Å². The Morgan fingerprint density at radius 1 is 1.29 bits per heavy atom. The zero-order valence-corrected chi connectivity index (χ0v) is 13.8. The molecule has 1 aromatic carbocycles. The van der Waals surface area contributed by atoms with Gasteiger partial charge in [0.25, 0.3) is 0 Å². The fraction of sp³-hybridized carbons (Fsp3) is 0.500. The number of allylic oxidation sites excluding steroid dienone is 1. The lowest BCUT2D eigenvalue weighted by Gasteiger charge is -2.20. The number of hydrogen-bond donors (Lipinski definition) is 0. The van der Waals surface area contributed by atoms with Crippen molar-refractivity contribution in [2.45, 2.75) is 52.1 Å². The second kappa shape index (κ2) is 6.23. The Balaban J connectivity index is 2.17. The molecule has 1 saturated carbocycles. The number of rotatable bonds is 3. The average Bonchev–Trinajstić information content (AvgIpc) is 2.89. The second-order valence-corrected chi connectivity index (χ2v) is 7.11. The van der Waals surface area contributed by atoms with Crippen molar-refractivity contribution in [1.29, 1.82) is 0 Å². The molecule has 0 N–H and O–H groups in total. The average molecular weight is 307 g/mol. The number of carbonyl (C=O) groups excluding carboxylic acids is 1. The molecule has 0 unspecified atom stereocenters. The van der Waals surface area contributed by atoms with E-state index in [4.69, 9.17) is 16.3 Å². The molecule has 0 aromatic heterocycles. The molecule has 21 heavy (non-hydrogen) atoms. The van der Waals surface area contributed by atoms with Crippen molar-refractivity contribution in [3.05, 3.63) is 40.9 Å². The predicted molar refractivity (Wildman–Crippen MR) is 87.6 cm³/mol. The third-order valence-corrected chi connectivity index (χ3v) is 4.11. The van der Waals surface area contributed by atoms with E-state index in [2.05, 4.69) is 6.58 Å². The summed E-state index contributed by atoms with van der Waals surface area (Å²) in [4.78, 5) is 12.0. The summed E-state index contributed by atoms with van der Waals surface area (Å²) < 4.78 is 5.36. The third kappa shape index (κ3) is 4.10. The van der Waals surface area contributed by atoms with Gasteiger partial charge in [0.1, 0.15) is 5.60 Å². The molecule has 114 valence electrons. The van der Waals surface area contributed by atoms with Crippen LogP contribution in [0.15, 0.2) is 24.8 Å². The van der Waals surface area contributed by atoms with E-state index in [0.717, 1.165) is 11.1 Å². The Morgan fingerprint density at radius 3 is 2.43 bits per heavy atom. The van der Waals surface area contributed by atoms with Crippen molar-refractivity contribution in [2.75, 3.05) is 0 Å². The Hall–Kier alpha value is -1.28. The summed E-state index contributed by atoms with van der Waals surface area (Å²) >= 11 is 6.35. The van der Waals surface area contributed by atoms with E-state index in [1.165, 1.54) is 25.7 Å². The lowest BCUT2D eigenvalue weighted by atomic mass is 9.92. The minimum Gasteiger partial charge on any atom is -0.456 e. The summed E-state index contributed by atoms with van der Waals surface area (Å²) in [5, 5.41) is 0.579. The van der Waals surface area contributed by atoms with E-state index in [1.807, 2.05) is 26.8 Å². The van der Waals surface area contributed by atoms with Gasteiger partial charge in [0.15, 0.2) is 0 Å². The number of esters is 1. The van der Waals surface area contributed by atoms with Crippen LogP contribution < -0.4 is 0 Å². The van der Waals surface area contributed by atoms with Crippen molar-refractivity contribution in [3.63, 3.8) is 0 Å². The van der Waals surface area contributed by atoms with E-state index in [9.17, 15) is 4.79 Å².